The van der Waals surface area contributed by atoms with Crippen LogP contribution < -0.4 is 4.74 Å². The Morgan fingerprint density at radius 1 is 1.19 bits per heavy atom. The monoisotopic (exact) mass is 431 g/mol. The minimum Gasteiger partial charge on any atom is -0.497 e. The number of carbonyl (C=O) groups is 1. The Kier molecular flexibility index (Phi) is 5.58. The van der Waals surface area contributed by atoms with Gasteiger partial charge in [0.1, 0.15) is 11.6 Å². The van der Waals surface area contributed by atoms with Gasteiger partial charge in [0.25, 0.3) is 0 Å². The number of hydrogen-bond acceptors (Lipinski definition) is 6. The number of methoxy groups -OCH3 is 1. The van der Waals surface area contributed by atoms with Crippen molar-refractivity contribution in [3.05, 3.63) is 60.2 Å². The fourth-order valence-electron chi connectivity index (χ4n) is 4.23. The Morgan fingerprint density at radius 3 is 2.84 bits per heavy atom. The number of likely N-dealkylation sites (tertiary alicyclic amines) is 1. The molecule has 8 heteroatoms. The molecule has 1 fully saturated rings. The van der Waals surface area contributed by atoms with E-state index in [1.54, 1.807) is 7.11 Å². The van der Waals surface area contributed by atoms with Gasteiger partial charge in [-0.3, -0.25) is 4.79 Å². The molecule has 164 valence electrons. The third-order valence-corrected chi connectivity index (χ3v) is 5.89. The van der Waals surface area contributed by atoms with Gasteiger partial charge in [-0.1, -0.05) is 17.3 Å². The average molecular weight is 431 g/mol. The van der Waals surface area contributed by atoms with Crippen molar-refractivity contribution >= 4 is 16.9 Å². The van der Waals surface area contributed by atoms with E-state index in [-0.39, 0.29) is 11.9 Å². The highest BCUT2D eigenvalue weighted by Gasteiger charge is 2.31. The van der Waals surface area contributed by atoms with Crippen LogP contribution in [0.25, 0.3) is 22.4 Å². The van der Waals surface area contributed by atoms with E-state index < -0.39 is 0 Å². The summed E-state index contributed by atoms with van der Waals surface area (Å²) in [5, 5.41) is 4.05. The Balaban J connectivity index is 1.18. The molecule has 3 heterocycles. The molecule has 0 spiro atoms. The zero-order valence-electron chi connectivity index (χ0n) is 18.0. The van der Waals surface area contributed by atoms with Gasteiger partial charge < -0.3 is 19.1 Å². The topological polar surface area (TPSA) is 97.1 Å². The Hall–Kier alpha value is -3.68. The number of nitrogens with one attached hydrogen (secondary N) is 1. The molecule has 0 aliphatic carbocycles. The first-order valence-corrected chi connectivity index (χ1v) is 10.9. The van der Waals surface area contributed by atoms with Crippen molar-refractivity contribution in [2.45, 2.75) is 38.1 Å². The van der Waals surface area contributed by atoms with E-state index in [9.17, 15) is 4.79 Å². The minimum absolute atomic E-state index is 0.0139. The molecule has 1 N–H and O–H groups in total. The Labute approximate surface area is 185 Å². The summed E-state index contributed by atoms with van der Waals surface area (Å²) in [6.45, 7) is 0.767. The highest BCUT2D eigenvalue weighted by molar-refractivity contribution is 5.78. The predicted octanol–water partition coefficient (Wildman–Crippen LogP) is 4.31. The fourth-order valence-corrected chi connectivity index (χ4v) is 4.23. The van der Waals surface area contributed by atoms with Gasteiger partial charge in [0, 0.05) is 24.9 Å². The number of imidazole rings is 1. The molecule has 0 saturated carbocycles. The third-order valence-electron chi connectivity index (χ3n) is 5.89. The van der Waals surface area contributed by atoms with Gasteiger partial charge in [0.2, 0.25) is 17.6 Å². The molecule has 4 aromatic rings. The number of fused-ring (bicyclic) bond motifs is 1. The molecule has 1 saturated heterocycles. The maximum Gasteiger partial charge on any atom is 0.226 e. The predicted molar refractivity (Wildman–Crippen MR) is 119 cm³/mol. The summed E-state index contributed by atoms with van der Waals surface area (Å²) >= 11 is 0. The van der Waals surface area contributed by atoms with E-state index in [2.05, 4.69) is 15.1 Å². The van der Waals surface area contributed by atoms with Crippen LogP contribution in [0.4, 0.5) is 0 Å². The number of carbonyl (C=O) groups excluding carboxylic acids is 1. The SMILES string of the molecule is COc1ccc(-c2noc(CCCC(=O)N3CCC[C@H]3c3nc4ccccc4[nH]3)n2)cc1. The summed E-state index contributed by atoms with van der Waals surface area (Å²) in [4.78, 5) is 27.4. The number of H-pyrrole nitrogens is 1. The summed E-state index contributed by atoms with van der Waals surface area (Å²) in [5.74, 6) is 2.87. The van der Waals surface area contributed by atoms with Crippen molar-refractivity contribution in [3.8, 4) is 17.1 Å². The summed E-state index contributed by atoms with van der Waals surface area (Å²) < 4.78 is 10.5. The van der Waals surface area contributed by atoms with Gasteiger partial charge in [0.05, 0.1) is 24.2 Å². The second-order valence-electron chi connectivity index (χ2n) is 7.98. The van der Waals surface area contributed by atoms with Gasteiger partial charge in [-0.25, -0.2) is 4.98 Å². The van der Waals surface area contributed by atoms with E-state index in [1.807, 2.05) is 53.4 Å². The van der Waals surface area contributed by atoms with Gasteiger partial charge in [-0.2, -0.15) is 4.98 Å². The molecule has 1 atom stereocenters. The summed E-state index contributed by atoms with van der Waals surface area (Å²) in [6.07, 6.45) is 3.59. The molecule has 32 heavy (non-hydrogen) atoms. The van der Waals surface area contributed by atoms with Crippen LogP contribution in [0.5, 0.6) is 5.75 Å². The quantitative estimate of drug-likeness (QED) is 0.468. The molecule has 5 rings (SSSR count). The van der Waals surface area contributed by atoms with Crippen LogP contribution in [0.2, 0.25) is 0 Å². The molecule has 1 aliphatic heterocycles. The fraction of sp³-hybridized carbons (Fsp3) is 0.333. The molecule has 0 bridgehead atoms. The number of para-hydroxylation sites is 2. The lowest BCUT2D eigenvalue weighted by Gasteiger charge is -2.23. The average Bonchev–Trinajstić information content (AvgIpc) is 3.58. The highest BCUT2D eigenvalue weighted by atomic mass is 16.5. The first-order valence-electron chi connectivity index (χ1n) is 10.9. The number of hydrogen-bond donors (Lipinski definition) is 1. The smallest absolute Gasteiger partial charge is 0.226 e. The lowest BCUT2D eigenvalue weighted by molar-refractivity contribution is -0.132. The summed E-state index contributed by atoms with van der Waals surface area (Å²) in [5.41, 5.74) is 2.80. The van der Waals surface area contributed by atoms with Crippen molar-refractivity contribution < 1.29 is 14.1 Å². The van der Waals surface area contributed by atoms with Crippen molar-refractivity contribution in [3.63, 3.8) is 0 Å². The van der Waals surface area contributed by atoms with Gasteiger partial charge >= 0.3 is 0 Å². The largest absolute Gasteiger partial charge is 0.497 e. The maximum absolute atomic E-state index is 12.9. The summed E-state index contributed by atoms with van der Waals surface area (Å²) in [6, 6.07) is 15.5. The van der Waals surface area contributed by atoms with Gasteiger partial charge in [0.15, 0.2) is 0 Å². The normalized spacial score (nSPS) is 16.0. The van der Waals surface area contributed by atoms with Crippen LogP contribution >= 0.6 is 0 Å². The molecule has 0 unspecified atom stereocenters. The van der Waals surface area contributed by atoms with Gasteiger partial charge in [-0.15, -0.1) is 0 Å². The third kappa shape index (κ3) is 4.08. The molecule has 2 aromatic carbocycles. The van der Waals surface area contributed by atoms with Crippen LogP contribution in [0.1, 0.15) is 43.4 Å². The molecular formula is C24H25N5O3. The standard InChI is InChI=1S/C24H25N5O3/c1-31-17-13-11-16(12-14-17)23-27-21(32-28-23)9-4-10-22(30)29-15-5-8-20(29)24-25-18-6-2-3-7-19(18)26-24/h2-3,6-7,11-14,20H,4-5,8-10,15H2,1H3,(H,25,26)/t20-/m0/s1. The Morgan fingerprint density at radius 2 is 2.03 bits per heavy atom. The van der Waals surface area contributed by atoms with Crippen LogP contribution in [0, 0.1) is 0 Å². The second-order valence-corrected chi connectivity index (χ2v) is 7.98. The lowest BCUT2D eigenvalue weighted by Crippen LogP contribution is -2.31. The first kappa shape index (κ1) is 20.2. The highest BCUT2D eigenvalue weighted by Crippen LogP contribution is 2.32. The Bertz CT molecular complexity index is 1180. The van der Waals surface area contributed by atoms with E-state index in [0.717, 1.165) is 47.6 Å². The first-order chi connectivity index (χ1) is 15.7. The van der Waals surface area contributed by atoms with Crippen molar-refractivity contribution in [2.24, 2.45) is 0 Å². The molecule has 8 nitrogen and oxygen atoms in total. The van der Waals surface area contributed by atoms with Gasteiger partial charge in [-0.05, 0) is 55.7 Å². The zero-order valence-corrected chi connectivity index (χ0v) is 18.0. The van der Waals surface area contributed by atoms with Crippen LogP contribution in [-0.2, 0) is 11.2 Å². The van der Waals surface area contributed by atoms with E-state index in [0.29, 0.717) is 31.0 Å². The van der Waals surface area contributed by atoms with E-state index in [4.69, 9.17) is 14.2 Å². The minimum atomic E-state index is 0.0139. The number of aromatic amines is 1. The molecule has 1 aliphatic rings. The van der Waals surface area contributed by atoms with Crippen LogP contribution in [-0.4, -0.2) is 44.6 Å². The number of ether oxygens (including phenoxy) is 1. The zero-order chi connectivity index (χ0) is 21.9. The number of benzene rings is 2. The van der Waals surface area contributed by atoms with E-state index >= 15 is 0 Å². The molecule has 2 aromatic heterocycles. The maximum atomic E-state index is 12.9. The van der Waals surface area contributed by atoms with Crippen molar-refractivity contribution in [2.75, 3.05) is 13.7 Å². The van der Waals surface area contributed by atoms with E-state index in [1.165, 1.54) is 0 Å². The van der Waals surface area contributed by atoms with Crippen molar-refractivity contribution in [1.82, 2.24) is 25.0 Å². The number of rotatable bonds is 7. The number of amides is 1. The molecular weight excluding hydrogens is 406 g/mol. The second kappa shape index (κ2) is 8.82. The van der Waals surface area contributed by atoms with Crippen molar-refractivity contribution in [1.29, 1.82) is 0 Å². The molecule has 0 radical (unpaired) electrons. The van der Waals surface area contributed by atoms with Crippen LogP contribution in [0.3, 0.4) is 0 Å². The number of aryl methyl sites for hydroxylation is 1. The number of aromatic nitrogens is 4. The van der Waals surface area contributed by atoms with Crippen LogP contribution in [0.15, 0.2) is 53.1 Å². The summed E-state index contributed by atoms with van der Waals surface area (Å²) in [7, 11) is 1.63. The lowest BCUT2D eigenvalue weighted by atomic mass is 10.1. The number of nitrogens with zero attached hydrogens (tertiary/aromatic N) is 4. The molecule has 1 amide bonds.